The summed E-state index contributed by atoms with van der Waals surface area (Å²) in [5, 5.41) is 17.6. The minimum Gasteiger partial charge on any atom is -0.444 e. The van der Waals surface area contributed by atoms with Gasteiger partial charge in [0.25, 0.3) is 0 Å². The van der Waals surface area contributed by atoms with E-state index < -0.39 is 17.3 Å². The van der Waals surface area contributed by atoms with Crippen LogP contribution < -0.4 is 5.32 Å². The van der Waals surface area contributed by atoms with E-state index in [9.17, 15) is 9.90 Å². The fraction of sp³-hybridized carbons (Fsp3) is 0.824. The number of nitrogens with zero attached hydrogens (tertiary/aromatic N) is 2. The predicted octanol–water partition coefficient (Wildman–Crippen LogP) is 2.76. The second-order valence-corrected chi connectivity index (χ2v) is 7.69. The molecule has 1 heterocycles. The molecule has 7 heteroatoms. The highest BCUT2D eigenvalue weighted by Gasteiger charge is 2.37. The van der Waals surface area contributed by atoms with Crippen LogP contribution in [-0.2, 0) is 17.6 Å². The Kier molecular flexibility index (Phi) is 5.85. The van der Waals surface area contributed by atoms with Crippen LogP contribution in [0.4, 0.5) is 4.79 Å². The van der Waals surface area contributed by atoms with Crippen molar-refractivity contribution in [3.63, 3.8) is 0 Å². The van der Waals surface area contributed by atoms with Crippen molar-refractivity contribution in [3.05, 3.63) is 11.7 Å². The van der Waals surface area contributed by atoms with Crippen LogP contribution in [0.15, 0.2) is 4.52 Å². The molecule has 1 aliphatic carbocycles. The van der Waals surface area contributed by atoms with E-state index in [-0.39, 0.29) is 6.04 Å². The van der Waals surface area contributed by atoms with E-state index in [0.717, 1.165) is 25.7 Å². The number of hydrogen-bond donors (Lipinski definition) is 2. The molecule has 1 aromatic heterocycles. The van der Waals surface area contributed by atoms with Crippen LogP contribution in [0.25, 0.3) is 0 Å². The lowest BCUT2D eigenvalue weighted by Crippen LogP contribution is -2.48. The number of amides is 1. The zero-order valence-electron chi connectivity index (χ0n) is 15.1. The van der Waals surface area contributed by atoms with Crippen LogP contribution in [-0.4, -0.2) is 38.6 Å². The van der Waals surface area contributed by atoms with Crippen molar-refractivity contribution in [2.45, 2.75) is 89.9 Å². The van der Waals surface area contributed by atoms with Gasteiger partial charge in [-0.3, -0.25) is 0 Å². The monoisotopic (exact) mass is 339 g/mol. The van der Waals surface area contributed by atoms with Crippen LogP contribution in [0.5, 0.6) is 0 Å². The molecule has 2 atom stereocenters. The van der Waals surface area contributed by atoms with Gasteiger partial charge in [-0.15, -0.1) is 0 Å². The van der Waals surface area contributed by atoms with Crippen LogP contribution in [0, 0.1) is 0 Å². The molecule has 2 rings (SSSR count). The van der Waals surface area contributed by atoms with Gasteiger partial charge in [0.15, 0.2) is 5.82 Å². The van der Waals surface area contributed by atoms with E-state index in [4.69, 9.17) is 9.26 Å². The molecule has 24 heavy (non-hydrogen) atoms. The Hall–Kier alpha value is -1.63. The number of nitrogens with one attached hydrogen (secondary N) is 1. The Morgan fingerprint density at radius 1 is 1.50 bits per heavy atom. The molecule has 1 aliphatic rings. The number of aromatic nitrogens is 2. The maximum absolute atomic E-state index is 11.9. The van der Waals surface area contributed by atoms with Crippen molar-refractivity contribution in [3.8, 4) is 0 Å². The number of carbonyl (C=O) groups excluding carboxylic acids is 1. The number of aliphatic hydroxyl groups is 1. The Morgan fingerprint density at radius 3 is 2.92 bits per heavy atom. The first-order chi connectivity index (χ1) is 11.2. The van der Waals surface area contributed by atoms with Gasteiger partial charge in [0.2, 0.25) is 5.89 Å². The molecule has 0 saturated heterocycles. The molecule has 1 amide bonds. The Morgan fingerprint density at radius 2 is 2.25 bits per heavy atom. The number of rotatable bonds is 5. The van der Waals surface area contributed by atoms with Crippen molar-refractivity contribution < 1.29 is 19.2 Å². The summed E-state index contributed by atoms with van der Waals surface area (Å²) in [6.45, 7) is 7.53. The topological polar surface area (TPSA) is 97.5 Å². The molecule has 1 saturated carbocycles. The fourth-order valence-corrected chi connectivity index (χ4v) is 3.07. The first kappa shape index (κ1) is 18.7. The number of carbonyl (C=O) groups is 1. The zero-order chi connectivity index (χ0) is 17.8. The number of aryl methyl sites for hydroxylation is 1. The van der Waals surface area contributed by atoms with Gasteiger partial charge in [-0.2, -0.15) is 4.98 Å². The fourth-order valence-electron chi connectivity index (χ4n) is 3.07. The van der Waals surface area contributed by atoms with Gasteiger partial charge >= 0.3 is 6.09 Å². The van der Waals surface area contributed by atoms with Gasteiger partial charge < -0.3 is 19.7 Å². The zero-order valence-corrected chi connectivity index (χ0v) is 15.1. The van der Waals surface area contributed by atoms with Crippen molar-refractivity contribution in [1.29, 1.82) is 0 Å². The van der Waals surface area contributed by atoms with Crippen molar-refractivity contribution in [2.24, 2.45) is 0 Å². The first-order valence-electron chi connectivity index (χ1n) is 8.72. The lowest BCUT2D eigenvalue weighted by atomic mass is 9.79. The highest BCUT2D eigenvalue weighted by Crippen LogP contribution is 2.31. The van der Waals surface area contributed by atoms with E-state index in [0.29, 0.717) is 31.0 Å². The number of alkyl carbamates (subject to hydrolysis) is 1. The number of hydrogen-bond acceptors (Lipinski definition) is 6. The summed E-state index contributed by atoms with van der Waals surface area (Å²) >= 11 is 0. The lowest BCUT2D eigenvalue weighted by Gasteiger charge is -2.36. The molecule has 2 unspecified atom stereocenters. The summed E-state index contributed by atoms with van der Waals surface area (Å²) < 4.78 is 10.5. The average molecular weight is 339 g/mol. The maximum Gasteiger partial charge on any atom is 0.407 e. The van der Waals surface area contributed by atoms with Gasteiger partial charge in [-0.05, 0) is 52.9 Å². The van der Waals surface area contributed by atoms with Gasteiger partial charge in [-0.1, -0.05) is 12.1 Å². The first-order valence-corrected chi connectivity index (χ1v) is 8.72. The van der Waals surface area contributed by atoms with Crippen LogP contribution in [0.3, 0.4) is 0 Å². The lowest BCUT2D eigenvalue weighted by molar-refractivity contribution is -0.0149. The predicted molar refractivity (Wildman–Crippen MR) is 88.6 cm³/mol. The second-order valence-electron chi connectivity index (χ2n) is 7.69. The maximum atomic E-state index is 11.9. The minimum atomic E-state index is -0.937. The van der Waals surface area contributed by atoms with Crippen LogP contribution >= 0.6 is 0 Å². The summed E-state index contributed by atoms with van der Waals surface area (Å²) in [5.41, 5.74) is -1.47. The third-order valence-electron chi connectivity index (χ3n) is 4.01. The van der Waals surface area contributed by atoms with Crippen molar-refractivity contribution >= 4 is 6.09 Å². The van der Waals surface area contributed by atoms with E-state index in [1.165, 1.54) is 0 Å². The highest BCUT2D eigenvalue weighted by atomic mass is 16.6. The molecule has 2 N–H and O–H groups in total. The van der Waals surface area contributed by atoms with Crippen LogP contribution in [0.1, 0.15) is 71.5 Å². The van der Waals surface area contributed by atoms with Crippen molar-refractivity contribution in [1.82, 2.24) is 15.5 Å². The quantitative estimate of drug-likeness (QED) is 0.856. The molecule has 0 bridgehead atoms. The normalized spacial score (nSPS) is 24.6. The molecule has 136 valence electrons. The van der Waals surface area contributed by atoms with E-state index in [2.05, 4.69) is 22.4 Å². The third-order valence-corrected chi connectivity index (χ3v) is 4.01. The van der Waals surface area contributed by atoms with Crippen molar-refractivity contribution in [2.75, 3.05) is 0 Å². The molecule has 0 aromatic carbocycles. The minimum absolute atomic E-state index is 0.114. The molecule has 7 nitrogen and oxygen atoms in total. The average Bonchev–Trinajstić information content (AvgIpc) is 2.83. The van der Waals surface area contributed by atoms with E-state index in [1.807, 2.05) is 20.8 Å². The smallest absolute Gasteiger partial charge is 0.407 e. The van der Waals surface area contributed by atoms with Gasteiger partial charge in [0.1, 0.15) is 5.60 Å². The standard InChI is InChI=1S/C17H29N3O4/c1-5-7-13-19-14(24-20-13)11-17(22)9-6-8-12(10-17)18-15(21)23-16(2,3)4/h12,22H,5-11H2,1-4H3,(H,18,21). The summed E-state index contributed by atoms with van der Waals surface area (Å²) in [4.78, 5) is 16.2. The third kappa shape index (κ3) is 5.78. The molecular formula is C17H29N3O4. The second kappa shape index (κ2) is 7.51. The Bertz CT molecular complexity index is 552. The Labute approximate surface area is 143 Å². The Balaban J connectivity index is 1.91. The molecule has 0 spiro atoms. The molecule has 0 radical (unpaired) electrons. The van der Waals surface area contributed by atoms with E-state index in [1.54, 1.807) is 0 Å². The molecule has 1 fully saturated rings. The summed E-state index contributed by atoms with van der Waals surface area (Å²) in [7, 11) is 0. The molecular weight excluding hydrogens is 310 g/mol. The molecule has 0 aliphatic heterocycles. The molecule has 1 aromatic rings. The number of ether oxygens (including phenoxy) is 1. The summed E-state index contributed by atoms with van der Waals surface area (Å²) in [6.07, 6.45) is 4.36. The summed E-state index contributed by atoms with van der Waals surface area (Å²) in [5.74, 6) is 1.13. The highest BCUT2D eigenvalue weighted by molar-refractivity contribution is 5.68. The SMILES string of the molecule is CCCc1noc(CC2(O)CCCC(NC(=O)OC(C)(C)C)C2)n1. The van der Waals surface area contributed by atoms with Gasteiger partial charge in [-0.25, -0.2) is 4.79 Å². The van der Waals surface area contributed by atoms with E-state index >= 15 is 0 Å². The van der Waals surface area contributed by atoms with Gasteiger partial charge in [0, 0.05) is 12.5 Å². The summed E-state index contributed by atoms with van der Waals surface area (Å²) in [6, 6.07) is -0.114. The largest absolute Gasteiger partial charge is 0.444 e. The van der Waals surface area contributed by atoms with Gasteiger partial charge in [0.05, 0.1) is 12.0 Å². The van der Waals surface area contributed by atoms with Crippen LogP contribution in [0.2, 0.25) is 0 Å².